The Morgan fingerprint density at radius 2 is 1.70 bits per heavy atom. The summed E-state index contributed by atoms with van der Waals surface area (Å²) in [7, 11) is 0. The third-order valence-electron chi connectivity index (χ3n) is 2.70. The maximum atomic E-state index is 11.8. The van der Waals surface area contributed by atoms with E-state index in [4.69, 9.17) is 17.2 Å². The zero-order valence-corrected chi connectivity index (χ0v) is 11.0. The molecular formula is C13H18N4O3. The fourth-order valence-electron chi connectivity index (χ4n) is 1.64. The molecule has 3 amide bonds. The molecule has 20 heavy (non-hydrogen) atoms. The predicted molar refractivity (Wildman–Crippen MR) is 74.1 cm³/mol. The van der Waals surface area contributed by atoms with Crippen molar-refractivity contribution in [3.8, 4) is 0 Å². The van der Waals surface area contributed by atoms with E-state index in [1.807, 2.05) is 0 Å². The van der Waals surface area contributed by atoms with Crippen LogP contribution in [0.1, 0.15) is 18.4 Å². The molecule has 1 aromatic carbocycles. The van der Waals surface area contributed by atoms with Crippen LogP contribution in [0.15, 0.2) is 24.3 Å². The topological polar surface area (TPSA) is 141 Å². The first-order valence-electron chi connectivity index (χ1n) is 6.10. The first-order valence-corrected chi connectivity index (χ1v) is 6.10. The van der Waals surface area contributed by atoms with Crippen molar-refractivity contribution in [2.24, 2.45) is 11.5 Å². The van der Waals surface area contributed by atoms with Gasteiger partial charge < -0.3 is 22.5 Å². The lowest BCUT2D eigenvalue weighted by Crippen LogP contribution is -2.45. The number of carbonyl (C=O) groups is 3. The Hall–Kier alpha value is -2.57. The number of rotatable bonds is 7. The van der Waals surface area contributed by atoms with Crippen molar-refractivity contribution >= 4 is 23.4 Å². The molecule has 7 nitrogen and oxygen atoms in total. The van der Waals surface area contributed by atoms with E-state index in [2.05, 4.69) is 5.32 Å². The van der Waals surface area contributed by atoms with Crippen LogP contribution in [0.5, 0.6) is 0 Å². The van der Waals surface area contributed by atoms with E-state index in [0.717, 1.165) is 5.56 Å². The average molecular weight is 278 g/mol. The maximum Gasteiger partial charge on any atom is 0.240 e. The van der Waals surface area contributed by atoms with Crippen LogP contribution >= 0.6 is 0 Å². The molecule has 0 spiro atoms. The lowest BCUT2D eigenvalue weighted by molar-refractivity contribution is -0.127. The Bertz CT molecular complexity index is 499. The van der Waals surface area contributed by atoms with Gasteiger partial charge in [0.05, 0.1) is 6.42 Å². The van der Waals surface area contributed by atoms with Crippen molar-refractivity contribution < 1.29 is 14.4 Å². The van der Waals surface area contributed by atoms with Gasteiger partial charge >= 0.3 is 0 Å². The SMILES string of the molecule is NC(=O)CCC(NC(=O)Cc1ccc(N)cc1)C(N)=O. The van der Waals surface area contributed by atoms with Gasteiger partial charge in [-0.25, -0.2) is 0 Å². The second-order valence-electron chi connectivity index (χ2n) is 4.45. The van der Waals surface area contributed by atoms with Gasteiger partial charge in [0.2, 0.25) is 17.7 Å². The molecule has 0 aliphatic rings. The Balaban J connectivity index is 2.55. The highest BCUT2D eigenvalue weighted by atomic mass is 16.2. The molecule has 0 fully saturated rings. The van der Waals surface area contributed by atoms with Gasteiger partial charge in [0, 0.05) is 12.1 Å². The fraction of sp³-hybridized carbons (Fsp3) is 0.308. The van der Waals surface area contributed by atoms with Crippen molar-refractivity contribution in [1.82, 2.24) is 5.32 Å². The summed E-state index contributed by atoms with van der Waals surface area (Å²) in [5.74, 6) is -1.61. The largest absolute Gasteiger partial charge is 0.399 e. The normalized spacial score (nSPS) is 11.6. The number of hydrogen-bond donors (Lipinski definition) is 4. The van der Waals surface area contributed by atoms with Crippen LogP contribution in [0, 0.1) is 0 Å². The molecule has 7 heteroatoms. The monoisotopic (exact) mass is 278 g/mol. The second-order valence-corrected chi connectivity index (χ2v) is 4.45. The van der Waals surface area contributed by atoms with E-state index in [9.17, 15) is 14.4 Å². The quantitative estimate of drug-likeness (QED) is 0.477. The highest BCUT2D eigenvalue weighted by Crippen LogP contribution is 2.06. The minimum atomic E-state index is -0.899. The number of anilines is 1. The standard InChI is InChI=1S/C13H18N4O3/c14-9-3-1-8(2-4-9)7-12(19)17-10(13(16)20)5-6-11(15)18/h1-4,10H,5-7,14H2,(H2,15,18)(H2,16,20)(H,17,19). The molecule has 1 aromatic rings. The lowest BCUT2D eigenvalue weighted by Gasteiger charge is -2.14. The van der Waals surface area contributed by atoms with Gasteiger partial charge in [-0.3, -0.25) is 14.4 Å². The summed E-state index contributed by atoms with van der Waals surface area (Å²) in [5, 5.41) is 2.48. The molecule has 1 rings (SSSR count). The van der Waals surface area contributed by atoms with E-state index >= 15 is 0 Å². The summed E-state index contributed by atoms with van der Waals surface area (Å²) in [5.41, 5.74) is 17.1. The van der Waals surface area contributed by atoms with Gasteiger partial charge in [0.1, 0.15) is 6.04 Å². The highest BCUT2D eigenvalue weighted by molar-refractivity contribution is 5.88. The van der Waals surface area contributed by atoms with E-state index in [0.29, 0.717) is 5.69 Å². The Labute approximate surface area is 116 Å². The molecule has 0 aliphatic heterocycles. The number of hydrogen-bond acceptors (Lipinski definition) is 4. The zero-order chi connectivity index (χ0) is 15.1. The summed E-state index contributed by atoms with van der Waals surface area (Å²) >= 11 is 0. The van der Waals surface area contributed by atoms with Gasteiger partial charge in [-0.1, -0.05) is 12.1 Å². The number of primary amides is 2. The number of amides is 3. The first-order chi connectivity index (χ1) is 9.38. The maximum absolute atomic E-state index is 11.8. The van der Waals surface area contributed by atoms with Crippen LogP contribution in [-0.2, 0) is 20.8 Å². The third kappa shape index (κ3) is 5.38. The van der Waals surface area contributed by atoms with Gasteiger partial charge in [-0.2, -0.15) is 0 Å². The van der Waals surface area contributed by atoms with Crippen LogP contribution in [0.4, 0.5) is 5.69 Å². The molecule has 0 heterocycles. The van der Waals surface area contributed by atoms with E-state index < -0.39 is 17.9 Å². The summed E-state index contributed by atoms with van der Waals surface area (Å²) in [6.07, 6.45) is 0.175. The number of benzene rings is 1. The summed E-state index contributed by atoms with van der Waals surface area (Å²) in [6, 6.07) is 5.90. The molecule has 1 unspecified atom stereocenters. The average Bonchev–Trinajstić information content (AvgIpc) is 2.36. The van der Waals surface area contributed by atoms with Crippen LogP contribution < -0.4 is 22.5 Å². The summed E-state index contributed by atoms with van der Waals surface area (Å²) in [6.45, 7) is 0. The summed E-state index contributed by atoms with van der Waals surface area (Å²) in [4.78, 5) is 33.7. The third-order valence-corrected chi connectivity index (χ3v) is 2.70. The zero-order valence-electron chi connectivity index (χ0n) is 11.0. The number of nitrogen functional groups attached to an aromatic ring is 1. The van der Waals surface area contributed by atoms with E-state index in [-0.39, 0.29) is 25.2 Å². The van der Waals surface area contributed by atoms with Crippen molar-refractivity contribution in [3.05, 3.63) is 29.8 Å². The Kier molecular flexibility index (Phi) is 5.52. The number of nitrogens with one attached hydrogen (secondary N) is 1. The minimum Gasteiger partial charge on any atom is -0.399 e. The molecule has 0 saturated carbocycles. The molecule has 7 N–H and O–H groups in total. The van der Waals surface area contributed by atoms with Crippen LogP contribution in [0.25, 0.3) is 0 Å². The molecule has 0 saturated heterocycles. The molecule has 0 radical (unpaired) electrons. The number of nitrogens with two attached hydrogens (primary N) is 3. The smallest absolute Gasteiger partial charge is 0.240 e. The molecule has 108 valence electrons. The van der Waals surface area contributed by atoms with Crippen molar-refractivity contribution in [3.63, 3.8) is 0 Å². The Morgan fingerprint density at radius 3 is 2.20 bits per heavy atom. The summed E-state index contributed by atoms with van der Waals surface area (Å²) < 4.78 is 0. The van der Waals surface area contributed by atoms with Crippen LogP contribution in [0.3, 0.4) is 0 Å². The number of carbonyl (C=O) groups excluding carboxylic acids is 3. The highest BCUT2D eigenvalue weighted by Gasteiger charge is 2.18. The van der Waals surface area contributed by atoms with Gasteiger partial charge in [0.25, 0.3) is 0 Å². The van der Waals surface area contributed by atoms with Crippen molar-refractivity contribution in [2.45, 2.75) is 25.3 Å². The van der Waals surface area contributed by atoms with Crippen LogP contribution in [0.2, 0.25) is 0 Å². The molecule has 1 atom stereocenters. The molecule has 0 aromatic heterocycles. The van der Waals surface area contributed by atoms with Gasteiger partial charge in [-0.15, -0.1) is 0 Å². The second kappa shape index (κ2) is 7.13. The molecule has 0 bridgehead atoms. The van der Waals surface area contributed by atoms with E-state index in [1.165, 1.54) is 0 Å². The van der Waals surface area contributed by atoms with Crippen molar-refractivity contribution in [2.75, 3.05) is 5.73 Å². The minimum absolute atomic E-state index is 0.0181. The van der Waals surface area contributed by atoms with Crippen molar-refractivity contribution in [1.29, 1.82) is 0 Å². The predicted octanol–water partition coefficient (Wildman–Crippen LogP) is -0.953. The van der Waals surface area contributed by atoms with Gasteiger partial charge in [0.15, 0.2) is 0 Å². The van der Waals surface area contributed by atoms with Crippen LogP contribution in [-0.4, -0.2) is 23.8 Å². The fourth-order valence-corrected chi connectivity index (χ4v) is 1.64. The molecular weight excluding hydrogens is 260 g/mol. The lowest BCUT2D eigenvalue weighted by atomic mass is 10.1. The Morgan fingerprint density at radius 1 is 1.10 bits per heavy atom. The molecule has 0 aliphatic carbocycles. The first kappa shape index (κ1) is 15.5. The van der Waals surface area contributed by atoms with Gasteiger partial charge in [-0.05, 0) is 24.1 Å². The van der Waals surface area contributed by atoms with E-state index in [1.54, 1.807) is 24.3 Å².